The SMILES string of the molecule is CC(CN)C(=O)NCC1CCN(c2cccc(Br)c2)C1. The van der Waals surface area contributed by atoms with E-state index in [2.05, 4.69) is 44.3 Å². The van der Waals surface area contributed by atoms with Gasteiger partial charge in [-0.3, -0.25) is 4.79 Å². The van der Waals surface area contributed by atoms with Crippen LogP contribution in [0.15, 0.2) is 28.7 Å². The van der Waals surface area contributed by atoms with Crippen molar-refractivity contribution >= 4 is 27.5 Å². The van der Waals surface area contributed by atoms with Gasteiger partial charge >= 0.3 is 0 Å². The number of carbonyl (C=O) groups is 1. The van der Waals surface area contributed by atoms with Crippen LogP contribution in [0.3, 0.4) is 0 Å². The van der Waals surface area contributed by atoms with Gasteiger partial charge in [0, 0.05) is 42.3 Å². The predicted octanol–water partition coefficient (Wildman–Crippen LogP) is 1.99. The number of hydrogen-bond acceptors (Lipinski definition) is 3. The van der Waals surface area contributed by atoms with Crippen molar-refractivity contribution in [3.05, 3.63) is 28.7 Å². The second kappa shape index (κ2) is 7.09. The molecule has 1 amide bonds. The van der Waals surface area contributed by atoms with E-state index in [1.165, 1.54) is 5.69 Å². The van der Waals surface area contributed by atoms with Crippen LogP contribution in [0.2, 0.25) is 0 Å². The molecule has 1 aromatic carbocycles. The molecule has 1 fully saturated rings. The Labute approximate surface area is 128 Å². The molecule has 1 aliphatic rings. The fraction of sp³-hybridized carbons (Fsp3) is 0.533. The van der Waals surface area contributed by atoms with Crippen molar-refractivity contribution in [1.82, 2.24) is 5.32 Å². The summed E-state index contributed by atoms with van der Waals surface area (Å²) in [4.78, 5) is 14.1. The second-order valence-electron chi connectivity index (χ2n) is 5.46. The lowest BCUT2D eigenvalue weighted by Crippen LogP contribution is -2.36. The number of amides is 1. The third-order valence-corrected chi connectivity index (χ3v) is 4.32. The first-order valence-electron chi connectivity index (χ1n) is 7.08. The van der Waals surface area contributed by atoms with Gasteiger partial charge in [-0.15, -0.1) is 0 Å². The quantitative estimate of drug-likeness (QED) is 0.862. The summed E-state index contributed by atoms with van der Waals surface area (Å²) in [5.74, 6) is 0.480. The first kappa shape index (κ1) is 15.3. The van der Waals surface area contributed by atoms with E-state index in [1.807, 2.05) is 13.0 Å². The van der Waals surface area contributed by atoms with Crippen LogP contribution >= 0.6 is 15.9 Å². The summed E-state index contributed by atoms with van der Waals surface area (Å²) in [7, 11) is 0. The lowest BCUT2D eigenvalue weighted by molar-refractivity contribution is -0.124. The molecule has 1 aliphatic heterocycles. The highest BCUT2D eigenvalue weighted by Gasteiger charge is 2.23. The van der Waals surface area contributed by atoms with Gasteiger partial charge in [0.25, 0.3) is 0 Å². The zero-order chi connectivity index (χ0) is 14.5. The molecule has 2 unspecified atom stereocenters. The average molecular weight is 340 g/mol. The largest absolute Gasteiger partial charge is 0.371 e. The summed E-state index contributed by atoms with van der Waals surface area (Å²) >= 11 is 3.50. The number of hydrogen-bond donors (Lipinski definition) is 2. The molecular weight excluding hydrogens is 318 g/mol. The van der Waals surface area contributed by atoms with Gasteiger partial charge in [0.05, 0.1) is 0 Å². The number of anilines is 1. The summed E-state index contributed by atoms with van der Waals surface area (Å²) in [5.41, 5.74) is 6.73. The lowest BCUT2D eigenvalue weighted by atomic mass is 10.1. The van der Waals surface area contributed by atoms with E-state index < -0.39 is 0 Å². The molecule has 2 atom stereocenters. The Bertz CT molecular complexity index is 466. The van der Waals surface area contributed by atoms with Crippen molar-refractivity contribution in [2.75, 3.05) is 31.1 Å². The fourth-order valence-corrected chi connectivity index (χ4v) is 2.82. The molecule has 0 bridgehead atoms. The van der Waals surface area contributed by atoms with Crippen LogP contribution in [0.5, 0.6) is 0 Å². The number of nitrogens with two attached hydrogens (primary N) is 1. The molecule has 20 heavy (non-hydrogen) atoms. The van der Waals surface area contributed by atoms with E-state index in [0.29, 0.717) is 12.5 Å². The summed E-state index contributed by atoms with van der Waals surface area (Å²) in [5, 5.41) is 3.00. The second-order valence-corrected chi connectivity index (χ2v) is 6.38. The van der Waals surface area contributed by atoms with Crippen LogP contribution < -0.4 is 16.0 Å². The van der Waals surface area contributed by atoms with E-state index in [4.69, 9.17) is 5.73 Å². The van der Waals surface area contributed by atoms with Gasteiger partial charge in [-0.2, -0.15) is 0 Å². The maximum atomic E-state index is 11.7. The Balaban J connectivity index is 1.82. The molecule has 4 nitrogen and oxygen atoms in total. The highest BCUT2D eigenvalue weighted by molar-refractivity contribution is 9.10. The van der Waals surface area contributed by atoms with Crippen LogP contribution in [0.25, 0.3) is 0 Å². The van der Waals surface area contributed by atoms with Gasteiger partial charge in [-0.25, -0.2) is 0 Å². The lowest BCUT2D eigenvalue weighted by Gasteiger charge is -2.19. The summed E-state index contributed by atoms with van der Waals surface area (Å²) < 4.78 is 1.10. The number of halogens is 1. The van der Waals surface area contributed by atoms with Crippen LogP contribution in [0.4, 0.5) is 5.69 Å². The van der Waals surface area contributed by atoms with Crippen LogP contribution in [0.1, 0.15) is 13.3 Å². The Morgan fingerprint density at radius 3 is 3.10 bits per heavy atom. The molecule has 0 aromatic heterocycles. The van der Waals surface area contributed by atoms with Crippen LogP contribution in [-0.2, 0) is 4.79 Å². The Kier molecular flexibility index (Phi) is 5.43. The van der Waals surface area contributed by atoms with Gasteiger partial charge in [0.15, 0.2) is 0 Å². The Morgan fingerprint density at radius 1 is 1.60 bits per heavy atom. The standard InChI is InChI=1S/C15H22BrN3O/c1-11(8-17)15(20)18-9-12-5-6-19(10-12)14-4-2-3-13(16)7-14/h2-4,7,11-12H,5-6,8-10,17H2,1H3,(H,18,20). The number of carbonyl (C=O) groups excluding carboxylic acids is 1. The van der Waals surface area contributed by atoms with Crippen molar-refractivity contribution in [2.24, 2.45) is 17.6 Å². The number of benzene rings is 1. The first-order chi connectivity index (χ1) is 9.60. The molecule has 2 rings (SSSR count). The van der Waals surface area contributed by atoms with Gasteiger partial charge in [0.1, 0.15) is 0 Å². The van der Waals surface area contributed by atoms with Crippen molar-refractivity contribution in [3.63, 3.8) is 0 Å². The zero-order valence-corrected chi connectivity index (χ0v) is 13.4. The molecule has 1 aromatic rings. The highest BCUT2D eigenvalue weighted by atomic mass is 79.9. The zero-order valence-electron chi connectivity index (χ0n) is 11.8. The number of rotatable bonds is 5. The first-order valence-corrected chi connectivity index (χ1v) is 7.87. The minimum absolute atomic E-state index is 0.0633. The third kappa shape index (κ3) is 3.96. The molecule has 0 spiro atoms. The van der Waals surface area contributed by atoms with Crippen molar-refractivity contribution in [1.29, 1.82) is 0 Å². The fourth-order valence-electron chi connectivity index (χ4n) is 2.43. The van der Waals surface area contributed by atoms with Crippen LogP contribution in [-0.4, -0.2) is 32.1 Å². The highest BCUT2D eigenvalue weighted by Crippen LogP contribution is 2.25. The summed E-state index contributed by atoms with van der Waals surface area (Å²) in [6, 6.07) is 8.35. The number of nitrogens with zero attached hydrogens (tertiary/aromatic N) is 1. The van der Waals surface area contributed by atoms with Gasteiger partial charge < -0.3 is 16.0 Å². The molecule has 0 saturated carbocycles. The average Bonchev–Trinajstić information content (AvgIpc) is 2.92. The maximum absolute atomic E-state index is 11.7. The van der Waals surface area contributed by atoms with Crippen molar-refractivity contribution in [3.8, 4) is 0 Å². The van der Waals surface area contributed by atoms with Crippen LogP contribution in [0, 0.1) is 11.8 Å². The smallest absolute Gasteiger partial charge is 0.224 e. The predicted molar refractivity (Wildman–Crippen MR) is 85.7 cm³/mol. The molecule has 1 heterocycles. The normalized spacial score (nSPS) is 19.9. The van der Waals surface area contributed by atoms with E-state index >= 15 is 0 Å². The Hall–Kier alpha value is -1.07. The number of nitrogens with one attached hydrogen (secondary N) is 1. The van der Waals surface area contributed by atoms with Crippen molar-refractivity contribution < 1.29 is 4.79 Å². The molecule has 0 aliphatic carbocycles. The van der Waals surface area contributed by atoms with E-state index in [0.717, 1.165) is 30.5 Å². The van der Waals surface area contributed by atoms with E-state index in [1.54, 1.807) is 0 Å². The molecule has 3 N–H and O–H groups in total. The molecule has 1 saturated heterocycles. The van der Waals surface area contributed by atoms with Gasteiger partial charge in [0.2, 0.25) is 5.91 Å². The summed E-state index contributed by atoms with van der Waals surface area (Å²) in [6.45, 7) is 5.04. The molecule has 5 heteroatoms. The van der Waals surface area contributed by atoms with E-state index in [9.17, 15) is 4.79 Å². The van der Waals surface area contributed by atoms with Gasteiger partial charge in [-0.05, 0) is 30.5 Å². The monoisotopic (exact) mass is 339 g/mol. The van der Waals surface area contributed by atoms with Crippen molar-refractivity contribution in [2.45, 2.75) is 13.3 Å². The molecule has 0 radical (unpaired) electrons. The maximum Gasteiger partial charge on any atom is 0.224 e. The summed E-state index contributed by atoms with van der Waals surface area (Å²) in [6.07, 6.45) is 1.11. The minimum atomic E-state index is -0.0995. The third-order valence-electron chi connectivity index (χ3n) is 3.83. The molecule has 110 valence electrons. The molecular formula is C15H22BrN3O. The topological polar surface area (TPSA) is 58.4 Å². The Morgan fingerprint density at radius 2 is 2.40 bits per heavy atom. The van der Waals surface area contributed by atoms with E-state index in [-0.39, 0.29) is 11.8 Å². The van der Waals surface area contributed by atoms with Gasteiger partial charge in [-0.1, -0.05) is 28.9 Å². The minimum Gasteiger partial charge on any atom is -0.371 e.